The molecule has 0 bridgehead atoms. The average Bonchev–Trinajstić information content (AvgIpc) is 2.35. The van der Waals surface area contributed by atoms with Gasteiger partial charge < -0.3 is 5.73 Å². The lowest BCUT2D eigenvalue weighted by Gasteiger charge is -2.42. The summed E-state index contributed by atoms with van der Waals surface area (Å²) in [5.74, 6) is 2.99. The van der Waals surface area contributed by atoms with Gasteiger partial charge in [-0.2, -0.15) is 11.8 Å². The molecule has 0 spiro atoms. The maximum absolute atomic E-state index is 5.94. The molecule has 0 saturated heterocycles. The second-order valence-electron chi connectivity index (χ2n) is 6.26. The quantitative estimate of drug-likeness (QED) is 0.767. The Morgan fingerprint density at radius 2 is 1.94 bits per heavy atom. The highest BCUT2D eigenvalue weighted by atomic mass is 32.2. The number of hydrogen-bond donors (Lipinski definition) is 1. The zero-order valence-corrected chi connectivity index (χ0v) is 13.0. The summed E-state index contributed by atoms with van der Waals surface area (Å²) in [5, 5.41) is 0.824. The van der Waals surface area contributed by atoms with Gasteiger partial charge in [-0.15, -0.1) is 0 Å². The number of rotatable bonds is 6. The molecule has 1 aliphatic carbocycles. The lowest BCUT2D eigenvalue weighted by molar-refractivity contribution is 0.134. The van der Waals surface area contributed by atoms with Crippen LogP contribution >= 0.6 is 11.8 Å². The van der Waals surface area contributed by atoms with Crippen LogP contribution in [0.1, 0.15) is 59.8 Å². The van der Waals surface area contributed by atoms with Gasteiger partial charge in [0.15, 0.2) is 0 Å². The van der Waals surface area contributed by atoms with E-state index in [0.717, 1.165) is 23.6 Å². The minimum atomic E-state index is 0.518. The van der Waals surface area contributed by atoms with Crippen molar-refractivity contribution >= 4 is 11.8 Å². The molecule has 3 unspecified atom stereocenters. The van der Waals surface area contributed by atoms with Crippen molar-refractivity contribution in [3.63, 3.8) is 0 Å². The third kappa shape index (κ3) is 4.17. The molecule has 3 atom stereocenters. The molecule has 1 nitrogen and oxygen atoms in total. The Labute approximate surface area is 112 Å². The van der Waals surface area contributed by atoms with Gasteiger partial charge >= 0.3 is 0 Å². The van der Waals surface area contributed by atoms with Crippen molar-refractivity contribution in [1.82, 2.24) is 0 Å². The summed E-state index contributed by atoms with van der Waals surface area (Å²) in [4.78, 5) is 0. The van der Waals surface area contributed by atoms with E-state index in [2.05, 4.69) is 39.5 Å². The first kappa shape index (κ1) is 15.4. The molecule has 0 amide bonds. The summed E-state index contributed by atoms with van der Waals surface area (Å²) in [6.07, 6.45) is 6.74. The standard InChI is InChI=1S/C15H31NS/c1-5-9-17-14-10-13(15(3,4)6-2)8-7-12(14)11-16/h12-14H,5-11,16H2,1-4H3. The van der Waals surface area contributed by atoms with Crippen molar-refractivity contribution in [2.45, 2.75) is 65.0 Å². The third-order valence-corrected chi connectivity index (χ3v) is 6.43. The van der Waals surface area contributed by atoms with Crippen molar-refractivity contribution < 1.29 is 0 Å². The van der Waals surface area contributed by atoms with Crippen molar-refractivity contribution in [3.8, 4) is 0 Å². The molecule has 0 heterocycles. The predicted molar refractivity (Wildman–Crippen MR) is 80.5 cm³/mol. The van der Waals surface area contributed by atoms with Crippen LogP contribution in [0.5, 0.6) is 0 Å². The van der Waals surface area contributed by atoms with Crippen molar-refractivity contribution in [3.05, 3.63) is 0 Å². The molecule has 1 fully saturated rings. The van der Waals surface area contributed by atoms with Crippen LogP contribution in [0, 0.1) is 17.3 Å². The molecule has 1 rings (SSSR count). The van der Waals surface area contributed by atoms with Crippen LogP contribution in [0.3, 0.4) is 0 Å². The maximum Gasteiger partial charge on any atom is 0.00901 e. The molecule has 0 aromatic heterocycles. The molecule has 2 heteroatoms. The maximum atomic E-state index is 5.94. The Balaban J connectivity index is 2.58. The zero-order valence-electron chi connectivity index (χ0n) is 12.2. The van der Waals surface area contributed by atoms with Gasteiger partial charge in [0.25, 0.3) is 0 Å². The normalized spacial score (nSPS) is 30.5. The Kier molecular flexibility index (Phi) is 6.36. The molecule has 0 aliphatic heterocycles. The molecule has 102 valence electrons. The Morgan fingerprint density at radius 3 is 2.47 bits per heavy atom. The van der Waals surface area contributed by atoms with Gasteiger partial charge in [-0.25, -0.2) is 0 Å². The van der Waals surface area contributed by atoms with Gasteiger partial charge in [0.2, 0.25) is 0 Å². The van der Waals surface area contributed by atoms with Gasteiger partial charge in [-0.1, -0.05) is 34.1 Å². The Bertz CT molecular complexity index is 215. The topological polar surface area (TPSA) is 26.0 Å². The van der Waals surface area contributed by atoms with Crippen LogP contribution < -0.4 is 5.73 Å². The van der Waals surface area contributed by atoms with Gasteiger partial charge in [0.1, 0.15) is 0 Å². The van der Waals surface area contributed by atoms with Crippen molar-refractivity contribution in [2.75, 3.05) is 12.3 Å². The predicted octanol–water partition coefficient (Wildman–Crippen LogP) is 4.31. The molecule has 2 N–H and O–H groups in total. The molecule has 0 radical (unpaired) electrons. The fraction of sp³-hybridized carbons (Fsp3) is 1.00. The van der Waals surface area contributed by atoms with Gasteiger partial charge in [0.05, 0.1) is 0 Å². The lowest BCUT2D eigenvalue weighted by Crippen LogP contribution is -2.37. The van der Waals surface area contributed by atoms with E-state index in [4.69, 9.17) is 5.73 Å². The average molecular weight is 257 g/mol. The van der Waals surface area contributed by atoms with Crippen LogP contribution in [-0.2, 0) is 0 Å². The Morgan fingerprint density at radius 1 is 1.24 bits per heavy atom. The zero-order chi connectivity index (χ0) is 12.9. The molecular formula is C15H31NS. The molecule has 1 saturated carbocycles. The molecule has 1 aliphatic rings. The first-order chi connectivity index (χ1) is 8.05. The van der Waals surface area contributed by atoms with Gasteiger partial charge in [-0.05, 0) is 55.2 Å². The summed E-state index contributed by atoms with van der Waals surface area (Å²) in [7, 11) is 0. The molecule has 0 aromatic rings. The summed E-state index contributed by atoms with van der Waals surface area (Å²) >= 11 is 2.18. The highest BCUT2D eigenvalue weighted by Gasteiger charge is 2.36. The van der Waals surface area contributed by atoms with E-state index in [1.165, 1.54) is 37.9 Å². The second-order valence-corrected chi connectivity index (χ2v) is 7.60. The van der Waals surface area contributed by atoms with Crippen LogP contribution in [0.25, 0.3) is 0 Å². The minimum absolute atomic E-state index is 0.518. The van der Waals surface area contributed by atoms with Crippen LogP contribution in [0.4, 0.5) is 0 Å². The first-order valence-corrected chi connectivity index (χ1v) is 8.41. The van der Waals surface area contributed by atoms with E-state index < -0.39 is 0 Å². The van der Waals surface area contributed by atoms with E-state index in [0.29, 0.717) is 5.41 Å². The number of hydrogen-bond acceptors (Lipinski definition) is 2. The number of nitrogens with two attached hydrogens (primary N) is 1. The summed E-state index contributed by atoms with van der Waals surface area (Å²) in [6.45, 7) is 10.4. The fourth-order valence-electron chi connectivity index (χ4n) is 2.93. The lowest BCUT2D eigenvalue weighted by atomic mass is 9.67. The van der Waals surface area contributed by atoms with E-state index in [1.807, 2.05) is 0 Å². The van der Waals surface area contributed by atoms with E-state index >= 15 is 0 Å². The summed E-state index contributed by atoms with van der Waals surface area (Å²) in [6, 6.07) is 0. The summed E-state index contributed by atoms with van der Waals surface area (Å²) < 4.78 is 0. The smallest absolute Gasteiger partial charge is 0.00901 e. The van der Waals surface area contributed by atoms with Crippen molar-refractivity contribution in [1.29, 1.82) is 0 Å². The SMILES string of the molecule is CCCSC1CC(C(C)(C)CC)CCC1CN. The van der Waals surface area contributed by atoms with Crippen LogP contribution in [-0.4, -0.2) is 17.5 Å². The Hall–Kier alpha value is 0.310. The van der Waals surface area contributed by atoms with Crippen LogP contribution in [0.2, 0.25) is 0 Å². The molecular weight excluding hydrogens is 226 g/mol. The monoisotopic (exact) mass is 257 g/mol. The van der Waals surface area contributed by atoms with Gasteiger partial charge in [-0.3, -0.25) is 0 Å². The van der Waals surface area contributed by atoms with E-state index in [1.54, 1.807) is 0 Å². The van der Waals surface area contributed by atoms with Crippen molar-refractivity contribution in [2.24, 2.45) is 23.0 Å². The highest BCUT2D eigenvalue weighted by Crippen LogP contribution is 2.45. The first-order valence-electron chi connectivity index (χ1n) is 7.36. The molecule has 17 heavy (non-hydrogen) atoms. The second kappa shape index (κ2) is 7.04. The van der Waals surface area contributed by atoms with E-state index in [9.17, 15) is 0 Å². The van der Waals surface area contributed by atoms with E-state index in [-0.39, 0.29) is 0 Å². The fourth-order valence-corrected chi connectivity index (χ4v) is 4.36. The van der Waals surface area contributed by atoms with Crippen LogP contribution in [0.15, 0.2) is 0 Å². The third-order valence-electron chi connectivity index (χ3n) is 4.78. The van der Waals surface area contributed by atoms with Gasteiger partial charge in [0, 0.05) is 5.25 Å². The molecule has 0 aromatic carbocycles. The largest absolute Gasteiger partial charge is 0.330 e. The minimum Gasteiger partial charge on any atom is -0.330 e. The number of thioether (sulfide) groups is 1. The summed E-state index contributed by atoms with van der Waals surface area (Å²) in [5.41, 5.74) is 6.46. The highest BCUT2D eigenvalue weighted by molar-refractivity contribution is 7.99.